The number of nitrogens with zero attached hydrogens (tertiary/aromatic N) is 1. The van der Waals surface area contributed by atoms with Gasteiger partial charge >= 0.3 is 6.03 Å². The Hall–Kier alpha value is -2.57. The maximum Gasteiger partial charge on any atom is 0.318 e. The summed E-state index contributed by atoms with van der Waals surface area (Å²) in [6, 6.07) is 4.31. The zero-order valence-corrected chi connectivity index (χ0v) is 11.5. The largest absolute Gasteiger partial charge is 0.480 e. The highest BCUT2D eigenvalue weighted by Crippen LogP contribution is 2.22. The van der Waals surface area contributed by atoms with Crippen molar-refractivity contribution in [3.05, 3.63) is 29.3 Å². The average molecular weight is 279 g/mol. The van der Waals surface area contributed by atoms with Crippen molar-refractivity contribution in [2.24, 2.45) is 10.9 Å². The van der Waals surface area contributed by atoms with Crippen molar-refractivity contribution in [1.82, 2.24) is 5.32 Å². The Bertz CT molecular complexity index is 555. The number of carbonyl (C=O) groups is 2. The van der Waals surface area contributed by atoms with Crippen molar-refractivity contribution in [2.75, 3.05) is 0 Å². The van der Waals surface area contributed by atoms with Gasteiger partial charge in [-0.25, -0.2) is 4.79 Å². The first-order chi connectivity index (χ1) is 9.35. The molecule has 1 unspecified atom stereocenters. The molecule has 0 aliphatic rings. The van der Waals surface area contributed by atoms with E-state index in [1.54, 1.807) is 19.1 Å². The van der Waals surface area contributed by atoms with Crippen LogP contribution < -0.4 is 15.8 Å². The van der Waals surface area contributed by atoms with Gasteiger partial charge in [0.2, 0.25) is 0 Å². The monoisotopic (exact) mass is 279 g/mol. The molecule has 0 bridgehead atoms. The maximum absolute atomic E-state index is 11.6. The summed E-state index contributed by atoms with van der Waals surface area (Å²) in [5.74, 6) is -0.268. The molecule has 0 saturated carbocycles. The minimum absolute atomic E-state index is 0.350. The van der Waals surface area contributed by atoms with Crippen LogP contribution in [0.15, 0.2) is 23.4 Å². The van der Waals surface area contributed by atoms with E-state index >= 15 is 0 Å². The fourth-order valence-electron chi connectivity index (χ4n) is 1.55. The molecule has 1 atom stereocenters. The second-order valence-electron chi connectivity index (χ2n) is 4.30. The third-order valence-electron chi connectivity index (χ3n) is 2.60. The maximum atomic E-state index is 11.6. The molecule has 4 N–H and O–H groups in total. The van der Waals surface area contributed by atoms with Crippen LogP contribution in [0.25, 0.3) is 0 Å². The Morgan fingerprint density at radius 3 is 2.65 bits per heavy atom. The van der Waals surface area contributed by atoms with Crippen molar-refractivity contribution >= 4 is 17.6 Å². The van der Waals surface area contributed by atoms with Crippen LogP contribution in [0.2, 0.25) is 0 Å². The van der Waals surface area contributed by atoms with Crippen LogP contribution >= 0.6 is 0 Å². The molecule has 1 aromatic rings. The van der Waals surface area contributed by atoms with Crippen LogP contribution in [0.5, 0.6) is 5.75 Å². The molecule has 7 heteroatoms. The number of aryl methyl sites for hydroxylation is 1. The summed E-state index contributed by atoms with van der Waals surface area (Å²) in [6.07, 6.45) is -0.922. The van der Waals surface area contributed by atoms with E-state index in [9.17, 15) is 9.59 Å². The van der Waals surface area contributed by atoms with E-state index in [0.29, 0.717) is 17.0 Å². The number of amides is 3. The molecular formula is C13H17N3O4. The van der Waals surface area contributed by atoms with E-state index in [4.69, 9.17) is 15.7 Å². The van der Waals surface area contributed by atoms with Crippen LogP contribution in [-0.4, -0.2) is 29.0 Å². The van der Waals surface area contributed by atoms with Gasteiger partial charge in [-0.05, 0) is 38.5 Å². The van der Waals surface area contributed by atoms with Crippen LogP contribution in [-0.2, 0) is 4.79 Å². The highest BCUT2D eigenvalue weighted by atomic mass is 16.5. The molecule has 0 saturated heterocycles. The number of ether oxygens (including phenoxy) is 1. The second kappa shape index (κ2) is 6.55. The van der Waals surface area contributed by atoms with Gasteiger partial charge in [-0.3, -0.25) is 10.1 Å². The van der Waals surface area contributed by atoms with Gasteiger partial charge in [0, 0.05) is 5.56 Å². The van der Waals surface area contributed by atoms with E-state index in [-0.39, 0.29) is 0 Å². The summed E-state index contributed by atoms with van der Waals surface area (Å²) >= 11 is 0. The number of nitrogens with one attached hydrogen (secondary N) is 1. The molecule has 20 heavy (non-hydrogen) atoms. The molecule has 0 heterocycles. The average Bonchev–Trinajstić information content (AvgIpc) is 2.37. The second-order valence-corrected chi connectivity index (χ2v) is 4.30. The van der Waals surface area contributed by atoms with Gasteiger partial charge in [0.25, 0.3) is 5.91 Å². The predicted molar refractivity (Wildman–Crippen MR) is 73.0 cm³/mol. The van der Waals surface area contributed by atoms with Crippen LogP contribution in [0.4, 0.5) is 4.79 Å². The summed E-state index contributed by atoms with van der Waals surface area (Å²) in [7, 11) is 0. The van der Waals surface area contributed by atoms with Gasteiger partial charge in [-0.2, -0.15) is 0 Å². The molecule has 3 amide bonds. The number of imide groups is 1. The van der Waals surface area contributed by atoms with E-state index in [1.165, 1.54) is 6.92 Å². The lowest BCUT2D eigenvalue weighted by Crippen LogP contribution is -2.42. The molecule has 0 fully saturated rings. The minimum Gasteiger partial charge on any atom is -0.480 e. The molecule has 0 aromatic heterocycles. The third kappa shape index (κ3) is 3.98. The van der Waals surface area contributed by atoms with Crippen molar-refractivity contribution < 1.29 is 19.5 Å². The number of hydrogen-bond donors (Lipinski definition) is 3. The lowest BCUT2D eigenvalue weighted by Gasteiger charge is -2.16. The van der Waals surface area contributed by atoms with Gasteiger partial charge in [0.1, 0.15) is 5.75 Å². The summed E-state index contributed by atoms with van der Waals surface area (Å²) < 4.78 is 5.50. The lowest BCUT2D eigenvalue weighted by molar-refractivity contribution is -0.126. The zero-order valence-electron chi connectivity index (χ0n) is 11.5. The van der Waals surface area contributed by atoms with E-state index in [1.807, 2.05) is 18.3 Å². The Balaban J connectivity index is 2.99. The Kier molecular flexibility index (Phi) is 5.08. The first-order valence-electron chi connectivity index (χ1n) is 5.91. The predicted octanol–water partition coefficient (Wildman–Crippen LogP) is 1.16. The number of benzene rings is 1. The van der Waals surface area contributed by atoms with Crippen LogP contribution in [0, 0.1) is 6.92 Å². The molecule has 1 aromatic carbocycles. The topological polar surface area (TPSA) is 114 Å². The summed E-state index contributed by atoms with van der Waals surface area (Å²) in [5, 5.41) is 13.9. The molecule has 0 radical (unpaired) electrons. The normalized spacial score (nSPS) is 12.7. The van der Waals surface area contributed by atoms with Gasteiger partial charge in [0.15, 0.2) is 6.10 Å². The zero-order chi connectivity index (χ0) is 15.3. The number of primary amides is 1. The van der Waals surface area contributed by atoms with E-state index in [0.717, 1.165) is 5.56 Å². The molecule has 108 valence electrons. The van der Waals surface area contributed by atoms with Crippen molar-refractivity contribution in [2.45, 2.75) is 26.9 Å². The Morgan fingerprint density at radius 2 is 2.10 bits per heavy atom. The smallest absolute Gasteiger partial charge is 0.318 e. The SMILES string of the molecule is CC(=NO)c1ccc(C)cc1OC(C)C(=O)NC(N)=O. The molecular weight excluding hydrogens is 262 g/mol. The first-order valence-corrected chi connectivity index (χ1v) is 5.91. The number of oxime groups is 1. The number of nitrogens with two attached hydrogens (primary N) is 1. The fourth-order valence-corrected chi connectivity index (χ4v) is 1.55. The fraction of sp³-hybridized carbons (Fsp3) is 0.308. The third-order valence-corrected chi connectivity index (χ3v) is 2.60. The van der Waals surface area contributed by atoms with E-state index in [2.05, 4.69) is 5.16 Å². The van der Waals surface area contributed by atoms with Gasteiger partial charge in [0.05, 0.1) is 5.71 Å². The molecule has 0 aliphatic heterocycles. The number of carbonyl (C=O) groups excluding carboxylic acids is 2. The minimum atomic E-state index is -0.942. The summed E-state index contributed by atoms with van der Waals surface area (Å²) in [5.41, 5.74) is 6.69. The quantitative estimate of drug-likeness (QED) is 0.436. The van der Waals surface area contributed by atoms with Gasteiger partial charge < -0.3 is 15.7 Å². The van der Waals surface area contributed by atoms with Crippen molar-refractivity contribution in [3.8, 4) is 5.75 Å². The first kappa shape index (κ1) is 15.5. The number of hydrogen-bond acceptors (Lipinski definition) is 5. The number of urea groups is 1. The number of rotatable bonds is 4. The highest BCUT2D eigenvalue weighted by molar-refractivity contribution is 6.01. The molecule has 0 spiro atoms. The molecule has 1 rings (SSSR count). The van der Waals surface area contributed by atoms with Crippen LogP contribution in [0.1, 0.15) is 25.0 Å². The molecule has 7 nitrogen and oxygen atoms in total. The Morgan fingerprint density at radius 1 is 1.45 bits per heavy atom. The highest BCUT2D eigenvalue weighted by Gasteiger charge is 2.18. The van der Waals surface area contributed by atoms with Crippen molar-refractivity contribution in [3.63, 3.8) is 0 Å². The van der Waals surface area contributed by atoms with Gasteiger partial charge in [-0.1, -0.05) is 11.2 Å². The summed E-state index contributed by atoms with van der Waals surface area (Å²) in [6.45, 7) is 4.94. The Labute approximate surface area is 116 Å². The molecule has 0 aliphatic carbocycles. The van der Waals surface area contributed by atoms with Crippen LogP contribution in [0.3, 0.4) is 0 Å². The van der Waals surface area contributed by atoms with Crippen molar-refractivity contribution in [1.29, 1.82) is 0 Å². The lowest BCUT2D eigenvalue weighted by atomic mass is 10.1. The van der Waals surface area contributed by atoms with Gasteiger partial charge in [-0.15, -0.1) is 0 Å². The summed E-state index contributed by atoms with van der Waals surface area (Å²) in [4.78, 5) is 22.2. The van der Waals surface area contributed by atoms with E-state index < -0.39 is 18.0 Å². The standard InChI is InChI=1S/C13H17N3O4/c1-7-4-5-10(8(2)16-19)11(6-7)20-9(3)12(17)15-13(14)18/h4-6,9,19H,1-3H3,(H3,14,15,17,18).